The molecule has 0 amide bonds. The van der Waals surface area contributed by atoms with Crippen LogP contribution in [0.4, 0.5) is 0 Å². The molecule has 0 fully saturated rings. The van der Waals surface area contributed by atoms with Gasteiger partial charge in [-0.2, -0.15) is 0 Å². The summed E-state index contributed by atoms with van der Waals surface area (Å²) in [6.07, 6.45) is 0. The molecule has 0 aromatic rings. The number of rotatable bonds is 1. The van der Waals surface area contributed by atoms with Gasteiger partial charge in [0.05, 0.1) is 13.2 Å². The van der Waals surface area contributed by atoms with E-state index in [1.165, 1.54) is 0 Å². The van der Waals surface area contributed by atoms with E-state index in [1.54, 1.807) is 0 Å². The van der Waals surface area contributed by atoms with Crippen molar-refractivity contribution in [1.29, 1.82) is 0 Å². The van der Waals surface area contributed by atoms with Crippen LogP contribution in [-0.4, -0.2) is 23.4 Å². The zero-order chi connectivity index (χ0) is 3.41. The van der Waals surface area contributed by atoms with Gasteiger partial charge in [-0.15, -0.1) is 0 Å². The maximum absolute atomic E-state index is 7.62. The van der Waals surface area contributed by atoms with E-state index in [-0.39, 0.29) is 119 Å². The van der Waals surface area contributed by atoms with Crippen LogP contribution in [0.1, 0.15) is 2.85 Å². The predicted molar refractivity (Wildman–Crippen MR) is 16.4 cm³/mol. The van der Waals surface area contributed by atoms with Gasteiger partial charge in [0, 0.05) is 0 Å². The fourth-order valence-corrected chi connectivity index (χ4v) is 0. The first-order valence-electron chi connectivity index (χ1n) is 1.13. The predicted octanol–water partition coefficient (Wildman–Crippen LogP) is -6.80. The van der Waals surface area contributed by atoms with Crippen molar-refractivity contribution in [1.82, 2.24) is 0 Å². The standard InChI is InChI=1S/C2H6O2.2K.2H/c3-1-2-4;;;;/h3-4H,1-2H2;;;;/q;2*+1;2*-1. The molecule has 0 spiro atoms. The molecule has 0 heterocycles. The van der Waals surface area contributed by atoms with E-state index in [0.29, 0.717) is 0 Å². The van der Waals surface area contributed by atoms with E-state index in [0.717, 1.165) is 0 Å². The van der Waals surface area contributed by atoms with Crippen LogP contribution in [0.3, 0.4) is 0 Å². The molecule has 2 nitrogen and oxygen atoms in total. The molecular weight excluding hydrogens is 134 g/mol. The molecule has 0 saturated heterocycles. The zero-order valence-corrected chi connectivity index (χ0v) is 10.6. The van der Waals surface area contributed by atoms with Gasteiger partial charge in [0.15, 0.2) is 0 Å². The molecule has 0 rings (SSSR count). The van der Waals surface area contributed by atoms with Gasteiger partial charge in [0.25, 0.3) is 0 Å². The van der Waals surface area contributed by atoms with Crippen molar-refractivity contribution >= 4 is 0 Å². The van der Waals surface area contributed by atoms with Crippen molar-refractivity contribution in [2.75, 3.05) is 13.2 Å². The Bertz CT molecular complexity index is 18.0. The molecule has 0 aliphatic carbocycles. The first-order chi connectivity index (χ1) is 1.91. The molecule has 0 aromatic carbocycles. The average Bonchev–Trinajstić information content (AvgIpc) is 1.37. The largest absolute Gasteiger partial charge is 1.00 e. The molecule has 0 saturated carbocycles. The van der Waals surface area contributed by atoms with E-state index < -0.39 is 0 Å². The van der Waals surface area contributed by atoms with Crippen molar-refractivity contribution < 1.29 is 116 Å². The van der Waals surface area contributed by atoms with Crippen molar-refractivity contribution in [3.05, 3.63) is 0 Å². The fraction of sp³-hybridized carbons (Fsp3) is 1.00. The van der Waals surface area contributed by atoms with E-state index in [1.807, 2.05) is 0 Å². The third-order valence-electron chi connectivity index (χ3n) is 0.1000. The molecule has 0 aliphatic heterocycles. The Kier molecular flexibility index (Phi) is 42.2. The van der Waals surface area contributed by atoms with Crippen LogP contribution in [0.15, 0.2) is 0 Å². The molecule has 0 aromatic heterocycles. The van der Waals surface area contributed by atoms with E-state index in [9.17, 15) is 0 Å². The second-order valence-electron chi connectivity index (χ2n) is 0.447. The topological polar surface area (TPSA) is 40.5 Å². The summed E-state index contributed by atoms with van der Waals surface area (Å²) >= 11 is 0. The van der Waals surface area contributed by atoms with Crippen LogP contribution in [-0.2, 0) is 0 Å². The zero-order valence-electron chi connectivity index (χ0n) is 6.31. The normalized spacial score (nSPS) is 5.00. The number of hydrogen-bond donors (Lipinski definition) is 2. The summed E-state index contributed by atoms with van der Waals surface area (Å²) < 4.78 is 0. The van der Waals surface area contributed by atoms with Crippen LogP contribution in [0.5, 0.6) is 0 Å². The Labute approximate surface area is 126 Å². The van der Waals surface area contributed by atoms with E-state index in [2.05, 4.69) is 0 Å². The Morgan fingerprint density at radius 3 is 1.17 bits per heavy atom. The van der Waals surface area contributed by atoms with Gasteiger partial charge in [-0.3, -0.25) is 0 Å². The summed E-state index contributed by atoms with van der Waals surface area (Å²) in [6.45, 7) is -0.250. The summed E-state index contributed by atoms with van der Waals surface area (Å²) in [5.74, 6) is 0. The maximum atomic E-state index is 7.62. The van der Waals surface area contributed by atoms with Gasteiger partial charge < -0.3 is 13.1 Å². The van der Waals surface area contributed by atoms with Crippen LogP contribution in [0, 0.1) is 0 Å². The number of aliphatic hydroxyl groups is 2. The molecule has 6 heavy (non-hydrogen) atoms. The third-order valence-corrected chi connectivity index (χ3v) is 0.1000. The van der Waals surface area contributed by atoms with Crippen LogP contribution >= 0.6 is 0 Å². The van der Waals surface area contributed by atoms with Crippen LogP contribution in [0.2, 0.25) is 0 Å². The fourth-order valence-electron chi connectivity index (χ4n) is 0. The molecule has 0 radical (unpaired) electrons. The minimum Gasteiger partial charge on any atom is -1.00 e. The van der Waals surface area contributed by atoms with Gasteiger partial charge >= 0.3 is 103 Å². The monoisotopic (exact) mass is 142 g/mol. The van der Waals surface area contributed by atoms with Gasteiger partial charge in [-0.05, 0) is 0 Å². The molecule has 0 bridgehead atoms. The third kappa shape index (κ3) is 15.7. The summed E-state index contributed by atoms with van der Waals surface area (Å²) in [5, 5.41) is 15.2. The maximum Gasteiger partial charge on any atom is 1.00 e. The van der Waals surface area contributed by atoms with E-state index >= 15 is 0 Å². The Morgan fingerprint density at radius 1 is 1.00 bits per heavy atom. The second kappa shape index (κ2) is 15.7. The van der Waals surface area contributed by atoms with Crippen molar-refractivity contribution in [2.24, 2.45) is 0 Å². The van der Waals surface area contributed by atoms with Gasteiger partial charge in [0.2, 0.25) is 0 Å². The summed E-state index contributed by atoms with van der Waals surface area (Å²) in [6, 6.07) is 0. The van der Waals surface area contributed by atoms with Crippen LogP contribution < -0.4 is 103 Å². The molecule has 4 heteroatoms. The summed E-state index contributed by atoms with van der Waals surface area (Å²) in [7, 11) is 0. The molecule has 0 atom stereocenters. The molecular formula is C2H8K2O2. The Hall–Kier alpha value is 3.19. The van der Waals surface area contributed by atoms with Crippen molar-refractivity contribution in [3.8, 4) is 0 Å². The van der Waals surface area contributed by atoms with Gasteiger partial charge in [0.1, 0.15) is 0 Å². The molecule has 0 aliphatic rings. The Morgan fingerprint density at radius 2 is 1.17 bits per heavy atom. The SMILES string of the molecule is OCCO.[H-].[H-].[K+].[K+]. The quantitative estimate of drug-likeness (QED) is 0.357. The van der Waals surface area contributed by atoms with Crippen molar-refractivity contribution in [3.63, 3.8) is 0 Å². The van der Waals surface area contributed by atoms with Gasteiger partial charge in [-0.25, -0.2) is 0 Å². The Balaban J connectivity index is -0.00000000750. The minimum atomic E-state index is -0.125. The number of aliphatic hydroxyl groups excluding tert-OH is 2. The molecule has 0 unspecified atom stereocenters. The minimum absolute atomic E-state index is 0. The first-order valence-corrected chi connectivity index (χ1v) is 1.13. The van der Waals surface area contributed by atoms with Gasteiger partial charge in [-0.1, -0.05) is 0 Å². The second-order valence-corrected chi connectivity index (χ2v) is 0.447. The average molecular weight is 142 g/mol. The smallest absolute Gasteiger partial charge is 1.00 e. The van der Waals surface area contributed by atoms with Crippen molar-refractivity contribution in [2.45, 2.75) is 0 Å². The first kappa shape index (κ1) is 16.1. The molecule has 2 N–H and O–H groups in total. The van der Waals surface area contributed by atoms with Crippen LogP contribution in [0.25, 0.3) is 0 Å². The summed E-state index contributed by atoms with van der Waals surface area (Å²) in [4.78, 5) is 0. The van der Waals surface area contributed by atoms with E-state index in [4.69, 9.17) is 10.2 Å². The molecule has 30 valence electrons. The number of hydrogen-bond acceptors (Lipinski definition) is 2. The summed E-state index contributed by atoms with van der Waals surface area (Å²) in [5.41, 5.74) is 0.